The maximum absolute atomic E-state index is 12.8. The lowest BCUT2D eigenvalue weighted by Gasteiger charge is -2.31. The van der Waals surface area contributed by atoms with Crippen molar-refractivity contribution in [2.45, 2.75) is 44.2 Å². The van der Waals surface area contributed by atoms with Crippen molar-refractivity contribution in [1.82, 2.24) is 10.2 Å². The molecule has 0 radical (unpaired) electrons. The molecule has 1 aromatic rings. The predicted octanol–water partition coefficient (Wildman–Crippen LogP) is 3.81. The van der Waals surface area contributed by atoms with Gasteiger partial charge in [0.2, 0.25) is 5.91 Å². The second-order valence-corrected chi connectivity index (χ2v) is 8.43. The van der Waals surface area contributed by atoms with Crippen molar-refractivity contribution in [1.29, 1.82) is 0 Å². The van der Waals surface area contributed by atoms with Crippen LogP contribution in [0, 0.1) is 17.8 Å². The summed E-state index contributed by atoms with van der Waals surface area (Å²) >= 11 is 6.20. The number of carbonyl (C=O) groups is 1. The van der Waals surface area contributed by atoms with E-state index in [2.05, 4.69) is 16.3 Å². The minimum absolute atomic E-state index is 0. The lowest BCUT2D eigenvalue weighted by molar-refractivity contribution is -0.127. The van der Waals surface area contributed by atoms with Crippen LogP contribution in [0.2, 0.25) is 5.02 Å². The van der Waals surface area contributed by atoms with Gasteiger partial charge in [-0.25, -0.2) is 0 Å². The fourth-order valence-electron chi connectivity index (χ4n) is 5.26. The molecular weight excluding hydrogens is 405 g/mol. The number of nitrogens with two attached hydrogens (primary N) is 1. The summed E-state index contributed by atoms with van der Waals surface area (Å²) in [7, 11) is 0. The first kappa shape index (κ1) is 22.8. The highest BCUT2D eigenvalue weighted by Crippen LogP contribution is 2.47. The topological polar surface area (TPSA) is 58.4 Å². The van der Waals surface area contributed by atoms with Gasteiger partial charge in [-0.15, -0.1) is 24.8 Å². The summed E-state index contributed by atoms with van der Waals surface area (Å²) in [5.74, 6) is 1.22. The van der Waals surface area contributed by atoms with E-state index in [4.69, 9.17) is 17.3 Å². The zero-order valence-corrected chi connectivity index (χ0v) is 17.9. The first-order valence-corrected chi connectivity index (χ1v) is 10.0. The van der Waals surface area contributed by atoms with Crippen LogP contribution in [0.25, 0.3) is 0 Å². The molecule has 3 aliphatic rings. The predicted molar refractivity (Wildman–Crippen MR) is 115 cm³/mol. The van der Waals surface area contributed by atoms with E-state index in [9.17, 15) is 4.79 Å². The number of amides is 1. The van der Waals surface area contributed by atoms with Gasteiger partial charge in [0.15, 0.2) is 0 Å². The van der Waals surface area contributed by atoms with Gasteiger partial charge in [0, 0.05) is 17.6 Å². The highest BCUT2D eigenvalue weighted by Gasteiger charge is 2.49. The normalized spacial score (nSPS) is 30.4. The van der Waals surface area contributed by atoms with Gasteiger partial charge in [-0.1, -0.05) is 23.7 Å². The molecule has 3 N–H and O–H groups in total. The van der Waals surface area contributed by atoms with E-state index in [0.717, 1.165) is 24.5 Å². The van der Waals surface area contributed by atoms with Crippen LogP contribution in [0.5, 0.6) is 0 Å². The fraction of sp³-hybridized carbons (Fsp3) is 0.650. The largest absolute Gasteiger partial charge is 0.354 e. The van der Waals surface area contributed by atoms with Gasteiger partial charge < -0.3 is 11.1 Å². The van der Waals surface area contributed by atoms with E-state index in [1.807, 2.05) is 18.2 Å². The molecule has 27 heavy (non-hydrogen) atoms. The molecule has 1 heterocycles. The highest BCUT2D eigenvalue weighted by molar-refractivity contribution is 6.30. The summed E-state index contributed by atoms with van der Waals surface area (Å²) in [6.07, 6.45) is 5.96. The van der Waals surface area contributed by atoms with Crippen molar-refractivity contribution in [3.63, 3.8) is 0 Å². The second-order valence-electron chi connectivity index (χ2n) is 8.00. The van der Waals surface area contributed by atoms with Gasteiger partial charge in [-0.3, -0.25) is 9.69 Å². The maximum atomic E-state index is 12.8. The minimum Gasteiger partial charge on any atom is -0.354 e. The van der Waals surface area contributed by atoms with Crippen LogP contribution in [0.15, 0.2) is 24.3 Å². The van der Waals surface area contributed by atoms with Crippen LogP contribution in [0.4, 0.5) is 0 Å². The molecule has 1 saturated heterocycles. The maximum Gasteiger partial charge on any atom is 0.225 e. The Labute approximate surface area is 179 Å². The number of rotatable bonds is 5. The number of hydrogen-bond donors (Lipinski definition) is 2. The number of fused-ring (bicyclic) bond motifs is 2. The molecule has 2 saturated carbocycles. The first-order valence-electron chi connectivity index (χ1n) is 9.66. The zero-order valence-electron chi connectivity index (χ0n) is 15.5. The third-order valence-electron chi connectivity index (χ3n) is 6.57. The molecule has 1 aliphatic heterocycles. The number of carbonyl (C=O) groups excluding carboxylic acids is 1. The van der Waals surface area contributed by atoms with Crippen molar-refractivity contribution in [3.8, 4) is 0 Å². The Morgan fingerprint density at radius 3 is 2.56 bits per heavy atom. The SMILES string of the molecule is Cl.Cl.NC1C2CCC(C2)C1C(=O)NCC(c1cccc(Cl)c1)N1CCCC1. The monoisotopic (exact) mass is 433 g/mol. The van der Waals surface area contributed by atoms with Gasteiger partial charge >= 0.3 is 0 Å². The third-order valence-corrected chi connectivity index (χ3v) is 6.80. The number of likely N-dealkylation sites (tertiary alicyclic amines) is 1. The average molecular weight is 435 g/mol. The van der Waals surface area contributed by atoms with Crippen LogP contribution in [0.1, 0.15) is 43.7 Å². The molecular formula is C20H30Cl3N3O. The van der Waals surface area contributed by atoms with Crippen molar-refractivity contribution >= 4 is 42.3 Å². The molecule has 5 atom stereocenters. The number of benzene rings is 1. The summed E-state index contributed by atoms with van der Waals surface area (Å²) in [5.41, 5.74) is 7.52. The Kier molecular flexibility index (Phi) is 8.26. The molecule has 2 aliphatic carbocycles. The molecule has 3 fully saturated rings. The van der Waals surface area contributed by atoms with E-state index in [0.29, 0.717) is 18.4 Å². The molecule has 0 spiro atoms. The Balaban J connectivity index is 0.00000131. The van der Waals surface area contributed by atoms with Crippen molar-refractivity contribution in [2.24, 2.45) is 23.5 Å². The average Bonchev–Trinajstić information content (AvgIpc) is 3.32. The van der Waals surface area contributed by atoms with Gasteiger partial charge in [0.25, 0.3) is 0 Å². The van der Waals surface area contributed by atoms with Crippen LogP contribution in [-0.4, -0.2) is 36.5 Å². The molecule has 4 rings (SSSR count). The molecule has 0 aromatic heterocycles. The Morgan fingerprint density at radius 2 is 1.93 bits per heavy atom. The minimum atomic E-state index is 0. The van der Waals surface area contributed by atoms with Gasteiger partial charge in [-0.2, -0.15) is 0 Å². The molecule has 2 bridgehead atoms. The number of hydrogen-bond acceptors (Lipinski definition) is 3. The summed E-state index contributed by atoms with van der Waals surface area (Å²) in [6, 6.07) is 8.28. The highest BCUT2D eigenvalue weighted by atomic mass is 35.5. The second kappa shape index (κ2) is 9.80. The smallest absolute Gasteiger partial charge is 0.225 e. The molecule has 4 nitrogen and oxygen atoms in total. The third kappa shape index (κ3) is 4.73. The first-order chi connectivity index (χ1) is 12.1. The van der Waals surface area contributed by atoms with Gasteiger partial charge in [-0.05, 0) is 74.7 Å². The number of halogens is 3. The van der Waals surface area contributed by atoms with Crippen LogP contribution in [-0.2, 0) is 4.79 Å². The molecule has 5 unspecified atom stereocenters. The summed E-state index contributed by atoms with van der Waals surface area (Å²) < 4.78 is 0. The molecule has 1 amide bonds. The van der Waals surface area contributed by atoms with Gasteiger partial charge in [0.1, 0.15) is 0 Å². The van der Waals surface area contributed by atoms with Crippen molar-refractivity contribution in [3.05, 3.63) is 34.9 Å². The van der Waals surface area contributed by atoms with Crippen LogP contribution >= 0.6 is 36.4 Å². The number of nitrogens with zero attached hydrogens (tertiary/aromatic N) is 1. The van der Waals surface area contributed by atoms with E-state index in [1.54, 1.807) is 0 Å². The molecule has 1 aromatic carbocycles. The fourth-order valence-corrected chi connectivity index (χ4v) is 5.46. The summed E-state index contributed by atoms with van der Waals surface area (Å²) in [6.45, 7) is 2.81. The standard InChI is InChI=1S/C20H28ClN3O.2ClH/c21-16-5-3-4-13(11-16)17(24-8-1-2-9-24)12-23-20(25)18-14-6-7-15(10-14)19(18)22;;/h3-5,11,14-15,17-19H,1-2,6-10,12,22H2,(H,23,25);2*1H. The lowest BCUT2D eigenvalue weighted by atomic mass is 9.84. The van der Waals surface area contributed by atoms with E-state index in [1.165, 1.54) is 31.2 Å². The van der Waals surface area contributed by atoms with E-state index < -0.39 is 0 Å². The van der Waals surface area contributed by atoms with Gasteiger partial charge in [0.05, 0.1) is 12.0 Å². The zero-order chi connectivity index (χ0) is 17.4. The Hall–Kier alpha value is -0.520. The van der Waals surface area contributed by atoms with Crippen molar-refractivity contribution < 1.29 is 4.79 Å². The number of nitrogens with one attached hydrogen (secondary N) is 1. The molecule has 7 heteroatoms. The van der Waals surface area contributed by atoms with Crippen LogP contribution in [0.3, 0.4) is 0 Å². The summed E-state index contributed by atoms with van der Waals surface area (Å²) in [5, 5.41) is 3.98. The van der Waals surface area contributed by atoms with Crippen LogP contribution < -0.4 is 11.1 Å². The summed E-state index contributed by atoms with van der Waals surface area (Å²) in [4.78, 5) is 15.3. The lowest BCUT2D eigenvalue weighted by Crippen LogP contribution is -2.47. The Morgan fingerprint density at radius 1 is 1.22 bits per heavy atom. The Bertz CT molecular complexity index is 637. The molecule has 152 valence electrons. The van der Waals surface area contributed by atoms with E-state index >= 15 is 0 Å². The quantitative estimate of drug-likeness (QED) is 0.741. The van der Waals surface area contributed by atoms with Crippen molar-refractivity contribution in [2.75, 3.05) is 19.6 Å². The van der Waals surface area contributed by atoms with E-state index in [-0.39, 0.29) is 48.7 Å².